The fraction of sp³-hybridized carbons (Fsp3) is 0.474. The maximum absolute atomic E-state index is 5.97. The summed E-state index contributed by atoms with van der Waals surface area (Å²) in [5.41, 5.74) is 2.25. The fourth-order valence-corrected chi connectivity index (χ4v) is 4.37. The molecule has 0 N–H and O–H groups in total. The SMILES string of the molecule is COc1cccc2c1OCC(Cc1ccc(N3CCSCC3)nn1)C2. The fourth-order valence-electron chi connectivity index (χ4n) is 3.47. The lowest BCUT2D eigenvalue weighted by Gasteiger charge is -2.27. The molecule has 1 atom stereocenters. The number of aromatic nitrogens is 2. The van der Waals surface area contributed by atoms with Gasteiger partial charge in [-0.1, -0.05) is 12.1 Å². The van der Waals surface area contributed by atoms with Gasteiger partial charge in [-0.25, -0.2) is 0 Å². The average Bonchev–Trinajstić information content (AvgIpc) is 2.68. The van der Waals surface area contributed by atoms with Crippen LogP contribution in [0.4, 0.5) is 5.82 Å². The van der Waals surface area contributed by atoms with Crippen LogP contribution in [0.5, 0.6) is 11.5 Å². The standard InChI is InChI=1S/C19H23N3O2S/c1-23-17-4-2-3-15-11-14(13-24-19(15)17)12-16-5-6-18(21-20-16)22-7-9-25-10-8-22/h2-6,14H,7-13H2,1H3. The van der Waals surface area contributed by atoms with Gasteiger partial charge in [-0.15, -0.1) is 5.10 Å². The molecule has 132 valence electrons. The van der Waals surface area contributed by atoms with Gasteiger partial charge in [-0.3, -0.25) is 0 Å². The van der Waals surface area contributed by atoms with E-state index in [0.717, 1.165) is 48.9 Å². The molecule has 0 radical (unpaired) electrons. The lowest BCUT2D eigenvalue weighted by molar-refractivity contribution is 0.210. The van der Waals surface area contributed by atoms with Crippen LogP contribution in [0.3, 0.4) is 0 Å². The zero-order valence-electron chi connectivity index (χ0n) is 14.5. The van der Waals surface area contributed by atoms with Gasteiger partial charge in [0, 0.05) is 30.5 Å². The van der Waals surface area contributed by atoms with Crippen molar-refractivity contribution >= 4 is 17.6 Å². The van der Waals surface area contributed by atoms with Gasteiger partial charge in [0.15, 0.2) is 17.3 Å². The molecule has 0 bridgehead atoms. The summed E-state index contributed by atoms with van der Waals surface area (Å²) < 4.78 is 11.3. The molecule has 0 amide bonds. The minimum atomic E-state index is 0.422. The Kier molecular flexibility index (Phi) is 4.97. The first kappa shape index (κ1) is 16.5. The highest BCUT2D eigenvalue weighted by Crippen LogP contribution is 2.36. The maximum atomic E-state index is 5.97. The van der Waals surface area contributed by atoms with Crippen molar-refractivity contribution in [1.29, 1.82) is 0 Å². The zero-order chi connectivity index (χ0) is 17.1. The molecule has 0 spiro atoms. The van der Waals surface area contributed by atoms with E-state index in [1.807, 2.05) is 23.9 Å². The minimum Gasteiger partial charge on any atom is -0.493 e. The van der Waals surface area contributed by atoms with Crippen molar-refractivity contribution in [1.82, 2.24) is 10.2 Å². The van der Waals surface area contributed by atoms with Crippen molar-refractivity contribution in [3.63, 3.8) is 0 Å². The van der Waals surface area contributed by atoms with Crippen molar-refractivity contribution in [2.45, 2.75) is 12.8 Å². The number of ether oxygens (including phenoxy) is 2. The zero-order valence-corrected chi connectivity index (χ0v) is 15.3. The molecule has 2 aliphatic heterocycles. The summed E-state index contributed by atoms with van der Waals surface area (Å²) in [6.07, 6.45) is 1.87. The predicted octanol–water partition coefficient (Wildman–Crippen LogP) is 2.83. The Balaban J connectivity index is 1.41. The molecule has 4 rings (SSSR count). The molecular weight excluding hydrogens is 334 g/mol. The molecule has 3 heterocycles. The number of hydrogen-bond donors (Lipinski definition) is 0. The van der Waals surface area contributed by atoms with Crippen molar-refractivity contribution in [3.05, 3.63) is 41.6 Å². The number of methoxy groups -OCH3 is 1. The summed E-state index contributed by atoms with van der Waals surface area (Å²) in [6.45, 7) is 2.82. The van der Waals surface area contributed by atoms with Gasteiger partial charge in [0.05, 0.1) is 19.4 Å². The number of para-hydroxylation sites is 1. The van der Waals surface area contributed by atoms with Gasteiger partial charge in [0.2, 0.25) is 0 Å². The molecule has 0 aliphatic carbocycles. The van der Waals surface area contributed by atoms with Crippen molar-refractivity contribution in [2.75, 3.05) is 43.2 Å². The first-order valence-corrected chi connectivity index (χ1v) is 9.93. The van der Waals surface area contributed by atoms with E-state index in [1.165, 1.54) is 17.1 Å². The van der Waals surface area contributed by atoms with Gasteiger partial charge in [-0.2, -0.15) is 16.9 Å². The van der Waals surface area contributed by atoms with Crippen LogP contribution in [-0.4, -0.2) is 48.5 Å². The number of rotatable bonds is 4. The average molecular weight is 357 g/mol. The number of thioether (sulfide) groups is 1. The monoisotopic (exact) mass is 357 g/mol. The molecule has 1 saturated heterocycles. The third-order valence-corrected chi connectivity index (χ3v) is 5.73. The topological polar surface area (TPSA) is 47.5 Å². The van der Waals surface area contributed by atoms with Crippen LogP contribution >= 0.6 is 11.8 Å². The molecule has 25 heavy (non-hydrogen) atoms. The van der Waals surface area contributed by atoms with E-state index < -0.39 is 0 Å². The van der Waals surface area contributed by atoms with E-state index in [-0.39, 0.29) is 0 Å². The highest BCUT2D eigenvalue weighted by atomic mass is 32.2. The van der Waals surface area contributed by atoms with Crippen LogP contribution in [0, 0.1) is 5.92 Å². The summed E-state index contributed by atoms with van der Waals surface area (Å²) in [4.78, 5) is 2.32. The van der Waals surface area contributed by atoms with E-state index in [2.05, 4.69) is 33.3 Å². The second-order valence-electron chi connectivity index (χ2n) is 6.52. The largest absolute Gasteiger partial charge is 0.493 e. The summed E-state index contributed by atoms with van der Waals surface area (Å²) in [7, 11) is 1.68. The van der Waals surface area contributed by atoms with Gasteiger partial charge in [0.1, 0.15) is 0 Å². The first-order valence-electron chi connectivity index (χ1n) is 8.77. The summed E-state index contributed by atoms with van der Waals surface area (Å²) in [6, 6.07) is 10.3. The van der Waals surface area contributed by atoms with E-state index in [4.69, 9.17) is 9.47 Å². The lowest BCUT2D eigenvalue weighted by atomic mass is 9.92. The number of hydrogen-bond acceptors (Lipinski definition) is 6. The van der Waals surface area contributed by atoms with Crippen LogP contribution in [0.25, 0.3) is 0 Å². The molecule has 2 aliphatic rings. The molecule has 5 nitrogen and oxygen atoms in total. The summed E-state index contributed by atoms with van der Waals surface area (Å²) in [5.74, 6) is 5.48. The van der Waals surface area contributed by atoms with Crippen LogP contribution in [0.2, 0.25) is 0 Å². The smallest absolute Gasteiger partial charge is 0.164 e. The Hall–Kier alpha value is -1.95. The van der Waals surface area contributed by atoms with Crippen LogP contribution in [0.15, 0.2) is 30.3 Å². The Bertz CT molecular complexity index is 717. The Labute approximate surface area is 152 Å². The number of nitrogens with zero attached hydrogens (tertiary/aromatic N) is 3. The van der Waals surface area contributed by atoms with Crippen LogP contribution < -0.4 is 14.4 Å². The number of benzene rings is 1. The van der Waals surface area contributed by atoms with Crippen LogP contribution in [0.1, 0.15) is 11.3 Å². The number of fused-ring (bicyclic) bond motifs is 1. The normalized spacial score (nSPS) is 19.9. The molecular formula is C19H23N3O2S. The third kappa shape index (κ3) is 3.68. The second-order valence-corrected chi connectivity index (χ2v) is 7.74. The predicted molar refractivity (Wildman–Crippen MR) is 101 cm³/mol. The van der Waals surface area contributed by atoms with E-state index >= 15 is 0 Å². The molecule has 1 fully saturated rings. The van der Waals surface area contributed by atoms with E-state index in [9.17, 15) is 0 Å². The third-order valence-electron chi connectivity index (χ3n) is 4.79. The Morgan fingerprint density at radius 2 is 2.08 bits per heavy atom. The van der Waals surface area contributed by atoms with E-state index in [1.54, 1.807) is 7.11 Å². The Morgan fingerprint density at radius 1 is 1.20 bits per heavy atom. The lowest BCUT2D eigenvalue weighted by Crippen LogP contribution is -2.33. The van der Waals surface area contributed by atoms with Crippen LogP contribution in [-0.2, 0) is 12.8 Å². The van der Waals surface area contributed by atoms with Gasteiger partial charge < -0.3 is 14.4 Å². The van der Waals surface area contributed by atoms with Crippen molar-refractivity contribution < 1.29 is 9.47 Å². The van der Waals surface area contributed by atoms with Crippen molar-refractivity contribution in [3.8, 4) is 11.5 Å². The Morgan fingerprint density at radius 3 is 2.84 bits per heavy atom. The quantitative estimate of drug-likeness (QED) is 0.839. The van der Waals surface area contributed by atoms with Gasteiger partial charge in [0.25, 0.3) is 0 Å². The summed E-state index contributed by atoms with van der Waals surface area (Å²) >= 11 is 2.00. The highest BCUT2D eigenvalue weighted by Gasteiger charge is 2.23. The molecule has 1 aromatic heterocycles. The summed E-state index contributed by atoms with van der Waals surface area (Å²) in [5, 5.41) is 8.90. The second kappa shape index (κ2) is 7.52. The number of anilines is 1. The maximum Gasteiger partial charge on any atom is 0.164 e. The van der Waals surface area contributed by atoms with Gasteiger partial charge >= 0.3 is 0 Å². The highest BCUT2D eigenvalue weighted by molar-refractivity contribution is 7.99. The molecule has 6 heteroatoms. The molecule has 1 unspecified atom stereocenters. The molecule has 1 aromatic carbocycles. The molecule has 0 saturated carbocycles. The minimum absolute atomic E-state index is 0.422. The first-order chi connectivity index (χ1) is 12.3. The molecule has 2 aromatic rings. The van der Waals surface area contributed by atoms with E-state index in [0.29, 0.717) is 12.5 Å². The van der Waals surface area contributed by atoms with Gasteiger partial charge in [-0.05, 0) is 36.6 Å². The van der Waals surface area contributed by atoms with Crippen molar-refractivity contribution in [2.24, 2.45) is 5.92 Å².